The van der Waals surface area contributed by atoms with E-state index in [4.69, 9.17) is 4.84 Å². The van der Waals surface area contributed by atoms with Crippen LogP contribution in [0.25, 0.3) is 0 Å². The SMILES string of the molecule is CCONCCc1cccnc1. The Morgan fingerprint density at radius 1 is 1.58 bits per heavy atom. The highest BCUT2D eigenvalue weighted by atomic mass is 16.6. The summed E-state index contributed by atoms with van der Waals surface area (Å²) in [6.07, 6.45) is 4.60. The fourth-order valence-corrected chi connectivity index (χ4v) is 0.916. The highest BCUT2D eigenvalue weighted by Crippen LogP contribution is 1.94. The van der Waals surface area contributed by atoms with Gasteiger partial charge in [0.1, 0.15) is 0 Å². The molecule has 1 rings (SSSR count). The maximum Gasteiger partial charge on any atom is 0.0653 e. The fourth-order valence-electron chi connectivity index (χ4n) is 0.916. The fraction of sp³-hybridized carbons (Fsp3) is 0.444. The molecule has 0 aliphatic rings. The topological polar surface area (TPSA) is 34.1 Å². The Kier molecular flexibility index (Phi) is 4.34. The molecule has 0 unspecified atom stereocenters. The van der Waals surface area contributed by atoms with E-state index in [9.17, 15) is 0 Å². The van der Waals surface area contributed by atoms with E-state index < -0.39 is 0 Å². The van der Waals surface area contributed by atoms with Gasteiger partial charge in [-0.1, -0.05) is 6.07 Å². The predicted molar refractivity (Wildman–Crippen MR) is 47.6 cm³/mol. The minimum Gasteiger partial charge on any atom is -0.302 e. The third-order valence-electron chi connectivity index (χ3n) is 1.48. The average Bonchev–Trinajstić information content (AvgIpc) is 2.14. The lowest BCUT2D eigenvalue weighted by molar-refractivity contribution is 0.0519. The van der Waals surface area contributed by atoms with Crippen molar-refractivity contribution in [1.82, 2.24) is 10.5 Å². The number of pyridine rings is 1. The first-order valence-corrected chi connectivity index (χ1v) is 4.17. The van der Waals surface area contributed by atoms with Crippen molar-refractivity contribution in [2.45, 2.75) is 13.3 Å². The van der Waals surface area contributed by atoms with Gasteiger partial charge in [0.2, 0.25) is 0 Å². The molecule has 0 radical (unpaired) electrons. The van der Waals surface area contributed by atoms with Crippen LogP contribution in [-0.2, 0) is 11.3 Å². The Balaban J connectivity index is 2.16. The third-order valence-corrected chi connectivity index (χ3v) is 1.48. The van der Waals surface area contributed by atoms with E-state index in [1.165, 1.54) is 5.56 Å². The Hall–Kier alpha value is -0.930. The molecule has 0 saturated heterocycles. The van der Waals surface area contributed by atoms with Crippen molar-refractivity contribution < 1.29 is 4.84 Å². The lowest BCUT2D eigenvalue weighted by Gasteiger charge is -2.02. The number of hydrogen-bond donors (Lipinski definition) is 1. The molecule has 1 N–H and O–H groups in total. The number of nitrogens with one attached hydrogen (secondary N) is 1. The Labute approximate surface area is 72.7 Å². The van der Waals surface area contributed by atoms with Crippen LogP contribution in [0, 0.1) is 0 Å². The molecule has 1 aromatic heterocycles. The van der Waals surface area contributed by atoms with Gasteiger partial charge in [0.25, 0.3) is 0 Å². The van der Waals surface area contributed by atoms with Gasteiger partial charge in [0.05, 0.1) is 6.61 Å². The summed E-state index contributed by atoms with van der Waals surface area (Å²) in [5.41, 5.74) is 4.08. The van der Waals surface area contributed by atoms with E-state index in [1.807, 2.05) is 19.2 Å². The molecule has 0 aromatic carbocycles. The molecule has 0 atom stereocenters. The molecule has 12 heavy (non-hydrogen) atoms. The second kappa shape index (κ2) is 5.69. The maximum absolute atomic E-state index is 4.98. The molecule has 0 aliphatic carbocycles. The molecule has 3 nitrogen and oxygen atoms in total. The summed E-state index contributed by atoms with van der Waals surface area (Å²) in [5.74, 6) is 0. The van der Waals surface area contributed by atoms with Crippen molar-refractivity contribution in [2.24, 2.45) is 0 Å². The first kappa shape index (κ1) is 9.16. The maximum atomic E-state index is 4.98. The molecule has 0 aliphatic heterocycles. The van der Waals surface area contributed by atoms with Crippen LogP contribution < -0.4 is 5.48 Å². The van der Waals surface area contributed by atoms with Crippen LogP contribution in [0.15, 0.2) is 24.5 Å². The van der Waals surface area contributed by atoms with Gasteiger partial charge in [-0.3, -0.25) is 4.98 Å². The Morgan fingerprint density at radius 3 is 3.17 bits per heavy atom. The quantitative estimate of drug-likeness (QED) is 0.526. The molecular formula is C9H14N2O. The van der Waals surface area contributed by atoms with E-state index in [1.54, 1.807) is 6.20 Å². The number of hydrogen-bond acceptors (Lipinski definition) is 3. The summed E-state index contributed by atoms with van der Waals surface area (Å²) in [5, 5.41) is 0. The molecule has 0 bridgehead atoms. The van der Waals surface area contributed by atoms with Crippen LogP contribution >= 0.6 is 0 Å². The van der Waals surface area contributed by atoms with E-state index in [-0.39, 0.29) is 0 Å². The summed E-state index contributed by atoms with van der Waals surface area (Å²) in [4.78, 5) is 9.00. The molecule has 0 spiro atoms. The number of rotatable bonds is 5. The van der Waals surface area contributed by atoms with Crippen LogP contribution in [0.4, 0.5) is 0 Å². The van der Waals surface area contributed by atoms with E-state index in [0.717, 1.165) is 13.0 Å². The molecule has 0 fully saturated rings. The molecule has 0 amide bonds. The summed E-state index contributed by atoms with van der Waals surface area (Å²) >= 11 is 0. The third kappa shape index (κ3) is 3.46. The van der Waals surface area contributed by atoms with Gasteiger partial charge in [-0.05, 0) is 25.0 Å². The molecule has 0 saturated carbocycles. The van der Waals surface area contributed by atoms with Gasteiger partial charge < -0.3 is 4.84 Å². The minimum atomic E-state index is 0.701. The zero-order valence-electron chi connectivity index (χ0n) is 7.29. The second-order valence-corrected chi connectivity index (χ2v) is 2.44. The zero-order valence-corrected chi connectivity index (χ0v) is 7.29. The first-order valence-electron chi connectivity index (χ1n) is 4.17. The van der Waals surface area contributed by atoms with Crippen molar-refractivity contribution in [2.75, 3.05) is 13.2 Å². The zero-order chi connectivity index (χ0) is 8.65. The molecular weight excluding hydrogens is 152 g/mol. The molecule has 1 aromatic rings. The van der Waals surface area contributed by atoms with Crippen molar-refractivity contribution in [3.63, 3.8) is 0 Å². The summed E-state index contributed by atoms with van der Waals surface area (Å²) in [6, 6.07) is 4.00. The van der Waals surface area contributed by atoms with E-state index >= 15 is 0 Å². The van der Waals surface area contributed by atoms with Crippen LogP contribution in [0.5, 0.6) is 0 Å². The average molecular weight is 166 g/mol. The summed E-state index contributed by atoms with van der Waals surface area (Å²) in [7, 11) is 0. The van der Waals surface area contributed by atoms with Gasteiger partial charge in [0, 0.05) is 18.9 Å². The smallest absolute Gasteiger partial charge is 0.0653 e. The lowest BCUT2D eigenvalue weighted by Crippen LogP contribution is -2.17. The van der Waals surface area contributed by atoms with E-state index in [2.05, 4.69) is 16.5 Å². The predicted octanol–water partition coefficient (Wildman–Crippen LogP) is 1.17. The van der Waals surface area contributed by atoms with E-state index in [0.29, 0.717) is 6.61 Å². The van der Waals surface area contributed by atoms with Gasteiger partial charge in [-0.15, -0.1) is 0 Å². The molecule has 66 valence electrons. The van der Waals surface area contributed by atoms with Gasteiger partial charge >= 0.3 is 0 Å². The number of aromatic nitrogens is 1. The van der Waals surface area contributed by atoms with Gasteiger partial charge in [0.15, 0.2) is 0 Å². The second-order valence-electron chi connectivity index (χ2n) is 2.44. The van der Waals surface area contributed by atoms with Crippen LogP contribution in [0.1, 0.15) is 12.5 Å². The minimum absolute atomic E-state index is 0.701. The molecule has 3 heteroatoms. The normalized spacial score (nSPS) is 10.1. The molecule has 1 heterocycles. The van der Waals surface area contributed by atoms with Crippen molar-refractivity contribution in [1.29, 1.82) is 0 Å². The van der Waals surface area contributed by atoms with Crippen LogP contribution in [0.2, 0.25) is 0 Å². The van der Waals surface area contributed by atoms with Crippen LogP contribution in [-0.4, -0.2) is 18.1 Å². The number of hydroxylamine groups is 1. The van der Waals surface area contributed by atoms with Gasteiger partial charge in [-0.25, -0.2) is 5.48 Å². The highest BCUT2D eigenvalue weighted by Gasteiger charge is 1.90. The van der Waals surface area contributed by atoms with Gasteiger partial charge in [-0.2, -0.15) is 0 Å². The van der Waals surface area contributed by atoms with Crippen molar-refractivity contribution >= 4 is 0 Å². The van der Waals surface area contributed by atoms with Crippen LogP contribution in [0.3, 0.4) is 0 Å². The monoisotopic (exact) mass is 166 g/mol. The van der Waals surface area contributed by atoms with Crippen molar-refractivity contribution in [3.8, 4) is 0 Å². The standard InChI is InChI=1S/C9H14N2O/c1-2-12-11-7-5-9-4-3-6-10-8-9/h3-4,6,8,11H,2,5,7H2,1H3. The summed E-state index contributed by atoms with van der Waals surface area (Å²) < 4.78 is 0. The summed E-state index contributed by atoms with van der Waals surface area (Å²) in [6.45, 7) is 3.49. The lowest BCUT2D eigenvalue weighted by atomic mass is 10.2. The number of nitrogens with zero attached hydrogens (tertiary/aromatic N) is 1. The Bertz CT molecular complexity index is 201. The first-order chi connectivity index (χ1) is 5.93. The van der Waals surface area contributed by atoms with Crippen molar-refractivity contribution in [3.05, 3.63) is 30.1 Å². The highest BCUT2D eigenvalue weighted by molar-refractivity contribution is 5.08. The Morgan fingerprint density at radius 2 is 2.50 bits per heavy atom. The largest absolute Gasteiger partial charge is 0.302 e.